The molecule has 3 rings (SSSR count). The molecule has 0 saturated heterocycles. The molecule has 1 unspecified atom stereocenters. The van der Waals surface area contributed by atoms with Crippen LogP contribution in [-0.2, 0) is 4.79 Å². The van der Waals surface area contributed by atoms with Crippen LogP contribution in [0, 0.1) is 19.7 Å². The number of nitrogens with zero attached hydrogens (tertiary/aromatic N) is 1. The Morgan fingerprint density at radius 2 is 1.86 bits per heavy atom. The number of carbonyl (C=O) groups excluding carboxylic acids is 1. The summed E-state index contributed by atoms with van der Waals surface area (Å²) in [5.74, 6) is -2.13. The van der Waals surface area contributed by atoms with E-state index in [0.29, 0.717) is 11.1 Å². The number of hydrogen-bond donors (Lipinski definition) is 2. The molecule has 0 aliphatic heterocycles. The van der Waals surface area contributed by atoms with E-state index in [9.17, 15) is 19.1 Å². The summed E-state index contributed by atoms with van der Waals surface area (Å²) in [5, 5.41) is 11.9. The molecule has 144 valence electrons. The number of carboxylic acids is 1. The highest BCUT2D eigenvalue weighted by atomic mass is 19.1. The summed E-state index contributed by atoms with van der Waals surface area (Å²) in [6, 6.07) is 11.3. The number of amides is 1. The molecule has 1 heterocycles. The lowest BCUT2D eigenvalue weighted by molar-refractivity contribution is -0.137. The lowest BCUT2D eigenvalue weighted by atomic mass is 9.98. The average Bonchev–Trinajstić information content (AvgIpc) is 3.13. The summed E-state index contributed by atoms with van der Waals surface area (Å²) >= 11 is 0. The van der Waals surface area contributed by atoms with Gasteiger partial charge in [0.2, 0.25) is 5.89 Å². The maximum absolute atomic E-state index is 14.3. The summed E-state index contributed by atoms with van der Waals surface area (Å²) in [6.45, 7) is 3.46. The number of halogens is 1. The van der Waals surface area contributed by atoms with E-state index >= 15 is 0 Å². The van der Waals surface area contributed by atoms with Crippen molar-refractivity contribution in [1.82, 2.24) is 10.3 Å². The van der Waals surface area contributed by atoms with Crippen molar-refractivity contribution in [3.05, 3.63) is 76.9 Å². The zero-order valence-electron chi connectivity index (χ0n) is 15.4. The molecule has 0 aliphatic rings. The van der Waals surface area contributed by atoms with Gasteiger partial charge in [-0.2, -0.15) is 0 Å². The third-order valence-corrected chi connectivity index (χ3v) is 4.41. The zero-order valence-corrected chi connectivity index (χ0v) is 15.4. The molecule has 1 atom stereocenters. The minimum Gasteiger partial charge on any atom is -0.481 e. The van der Waals surface area contributed by atoms with Gasteiger partial charge in [-0.25, -0.2) is 9.37 Å². The highest BCUT2D eigenvalue weighted by molar-refractivity contribution is 5.93. The van der Waals surface area contributed by atoms with E-state index in [1.807, 2.05) is 19.1 Å². The van der Waals surface area contributed by atoms with Crippen molar-refractivity contribution in [3.8, 4) is 11.5 Å². The number of aryl methyl sites for hydroxylation is 2. The van der Waals surface area contributed by atoms with Crippen molar-refractivity contribution in [2.24, 2.45) is 0 Å². The fraction of sp³-hybridized carbons (Fsp3) is 0.190. The first-order valence-corrected chi connectivity index (χ1v) is 8.66. The number of rotatable bonds is 6. The Labute approximate surface area is 161 Å². The highest BCUT2D eigenvalue weighted by Gasteiger charge is 2.23. The Balaban J connectivity index is 1.85. The van der Waals surface area contributed by atoms with Gasteiger partial charge in [-0.3, -0.25) is 9.59 Å². The van der Waals surface area contributed by atoms with Gasteiger partial charge >= 0.3 is 5.97 Å². The van der Waals surface area contributed by atoms with Gasteiger partial charge in [-0.1, -0.05) is 36.4 Å². The topological polar surface area (TPSA) is 92.4 Å². The molecular weight excluding hydrogens is 363 g/mol. The molecule has 0 saturated carbocycles. The Morgan fingerprint density at radius 1 is 1.14 bits per heavy atom. The maximum Gasteiger partial charge on any atom is 0.305 e. The van der Waals surface area contributed by atoms with Gasteiger partial charge in [0.05, 0.1) is 18.0 Å². The SMILES string of the molecule is Cc1ccccc1C(CC(=O)O)NC(=O)c1coc(-c2cccc(C)c2F)n1. The van der Waals surface area contributed by atoms with Crippen LogP contribution >= 0.6 is 0 Å². The average molecular weight is 382 g/mol. The van der Waals surface area contributed by atoms with Gasteiger partial charge < -0.3 is 14.8 Å². The quantitative estimate of drug-likeness (QED) is 0.671. The molecule has 0 fully saturated rings. The molecule has 6 nitrogen and oxygen atoms in total. The molecule has 0 spiro atoms. The van der Waals surface area contributed by atoms with Gasteiger partial charge in [-0.15, -0.1) is 0 Å². The predicted octanol–water partition coefficient (Wildman–Crippen LogP) is 4.04. The second kappa shape index (κ2) is 8.04. The fourth-order valence-electron chi connectivity index (χ4n) is 2.94. The predicted molar refractivity (Wildman–Crippen MR) is 100 cm³/mol. The van der Waals surface area contributed by atoms with Crippen LogP contribution < -0.4 is 5.32 Å². The smallest absolute Gasteiger partial charge is 0.305 e. The zero-order chi connectivity index (χ0) is 20.3. The van der Waals surface area contributed by atoms with Gasteiger partial charge in [0.1, 0.15) is 12.1 Å². The molecular formula is C21H19FN2O4. The first-order valence-electron chi connectivity index (χ1n) is 8.66. The number of nitrogens with one attached hydrogen (secondary N) is 1. The summed E-state index contributed by atoms with van der Waals surface area (Å²) < 4.78 is 19.5. The highest BCUT2D eigenvalue weighted by Crippen LogP contribution is 2.25. The number of hydrogen-bond acceptors (Lipinski definition) is 4. The number of oxazole rings is 1. The first kappa shape index (κ1) is 19.3. The van der Waals surface area contributed by atoms with Crippen LogP contribution in [0.2, 0.25) is 0 Å². The summed E-state index contributed by atoms with van der Waals surface area (Å²) in [7, 11) is 0. The molecule has 0 aliphatic carbocycles. The van der Waals surface area contributed by atoms with E-state index in [2.05, 4.69) is 10.3 Å². The number of aromatic nitrogens is 1. The van der Waals surface area contributed by atoms with Crippen molar-refractivity contribution in [2.45, 2.75) is 26.3 Å². The molecule has 1 aromatic heterocycles. The van der Waals surface area contributed by atoms with E-state index in [0.717, 1.165) is 11.8 Å². The Hall–Kier alpha value is -3.48. The molecule has 2 N–H and O–H groups in total. The second-order valence-electron chi connectivity index (χ2n) is 6.45. The van der Waals surface area contributed by atoms with Crippen molar-refractivity contribution in [3.63, 3.8) is 0 Å². The lowest BCUT2D eigenvalue weighted by Crippen LogP contribution is -2.30. The minimum absolute atomic E-state index is 0.0166. The number of benzene rings is 2. The monoisotopic (exact) mass is 382 g/mol. The number of carbonyl (C=O) groups is 2. The molecule has 7 heteroatoms. The number of carboxylic acid groups (broad SMARTS) is 1. The van der Waals surface area contributed by atoms with Gasteiger partial charge in [0, 0.05) is 0 Å². The van der Waals surface area contributed by atoms with Crippen LogP contribution in [-0.4, -0.2) is 22.0 Å². The second-order valence-corrected chi connectivity index (χ2v) is 6.45. The van der Waals surface area contributed by atoms with Crippen molar-refractivity contribution in [1.29, 1.82) is 0 Å². The van der Waals surface area contributed by atoms with Crippen LogP contribution in [0.15, 0.2) is 53.1 Å². The third-order valence-electron chi connectivity index (χ3n) is 4.41. The van der Waals surface area contributed by atoms with Gasteiger partial charge in [-0.05, 0) is 36.6 Å². The Morgan fingerprint density at radius 3 is 2.57 bits per heavy atom. The van der Waals surface area contributed by atoms with Crippen LogP contribution in [0.5, 0.6) is 0 Å². The Bertz CT molecular complexity index is 1030. The summed E-state index contributed by atoms with van der Waals surface area (Å²) in [6.07, 6.45) is 0.843. The molecule has 0 radical (unpaired) electrons. The van der Waals surface area contributed by atoms with Crippen LogP contribution in [0.25, 0.3) is 11.5 Å². The fourth-order valence-corrected chi connectivity index (χ4v) is 2.94. The molecule has 3 aromatic rings. The molecule has 2 aromatic carbocycles. The van der Waals surface area contributed by atoms with E-state index in [1.54, 1.807) is 31.2 Å². The minimum atomic E-state index is -1.05. The number of aliphatic carboxylic acids is 1. The van der Waals surface area contributed by atoms with Gasteiger partial charge in [0.15, 0.2) is 5.69 Å². The molecule has 1 amide bonds. The van der Waals surface area contributed by atoms with Gasteiger partial charge in [0.25, 0.3) is 5.91 Å². The van der Waals surface area contributed by atoms with Crippen molar-refractivity contribution < 1.29 is 23.5 Å². The third kappa shape index (κ3) is 4.09. The van der Waals surface area contributed by atoms with Crippen LogP contribution in [0.4, 0.5) is 4.39 Å². The first-order chi connectivity index (χ1) is 13.4. The lowest BCUT2D eigenvalue weighted by Gasteiger charge is -2.18. The van der Waals surface area contributed by atoms with Crippen molar-refractivity contribution in [2.75, 3.05) is 0 Å². The summed E-state index contributed by atoms with van der Waals surface area (Å²) in [5.41, 5.74) is 2.09. The van der Waals surface area contributed by atoms with E-state index < -0.39 is 23.7 Å². The van der Waals surface area contributed by atoms with E-state index in [1.165, 1.54) is 6.07 Å². The largest absolute Gasteiger partial charge is 0.481 e. The normalized spacial score (nSPS) is 11.8. The van der Waals surface area contributed by atoms with Crippen LogP contribution in [0.3, 0.4) is 0 Å². The van der Waals surface area contributed by atoms with E-state index in [4.69, 9.17) is 4.42 Å². The summed E-state index contributed by atoms with van der Waals surface area (Å²) in [4.78, 5) is 27.9. The Kier molecular flexibility index (Phi) is 5.54. The maximum atomic E-state index is 14.3. The van der Waals surface area contributed by atoms with Crippen molar-refractivity contribution >= 4 is 11.9 Å². The van der Waals surface area contributed by atoms with Crippen LogP contribution in [0.1, 0.15) is 39.6 Å². The molecule has 28 heavy (non-hydrogen) atoms. The van der Waals surface area contributed by atoms with E-state index in [-0.39, 0.29) is 23.6 Å². The standard InChI is InChI=1S/C21H19FN2O4/c1-12-6-3-4-8-14(12)16(10-18(25)26)23-20(27)17-11-28-21(24-17)15-9-5-7-13(2)19(15)22/h3-9,11,16H,10H2,1-2H3,(H,23,27)(H,25,26). The molecule has 0 bridgehead atoms.